The van der Waals surface area contributed by atoms with Crippen molar-refractivity contribution in [3.05, 3.63) is 28.8 Å². The van der Waals surface area contributed by atoms with Gasteiger partial charge in [0.15, 0.2) is 0 Å². The number of anilines is 1. The summed E-state index contributed by atoms with van der Waals surface area (Å²) < 4.78 is 0. The van der Waals surface area contributed by atoms with Crippen molar-refractivity contribution in [1.82, 2.24) is 4.90 Å². The number of fused-ring (bicyclic) bond motifs is 3. The Labute approximate surface area is 104 Å². The van der Waals surface area contributed by atoms with Gasteiger partial charge in [0.05, 0.1) is 0 Å². The van der Waals surface area contributed by atoms with Crippen LogP contribution in [0.3, 0.4) is 0 Å². The second-order valence-corrected chi connectivity index (χ2v) is 5.77. The SMILES string of the molecule is Cc1ccc2c(c1C)NCC1CCN(C)CC21. The molecule has 0 saturated carbocycles. The first-order chi connectivity index (χ1) is 8.16. The molecule has 2 aliphatic rings. The van der Waals surface area contributed by atoms with Gasteiger partial charge < -0.3 is 10.2 Å². The smallest absolute Gasteiger partial charge is 0.0408 e. The predicted octanol–water partition coefficient (Wildman–Crippen LogP) is 2.76. The summed E-state index contributed by atoms with van der Waals surface area (Å²) in [5.74, 6) is 1.57. The molecule has 17 heavy (non-hydrogen) atoms. The Balaban J connectivity index is 2.03. The first-order valence-corrected chi connectivity index (χ1v) is 6.69. The number of hydrogen-bond donors (Lipinski definition) is 1. The van der Waals surface area contributed by atoms with Crippen LogP contribution in [0.1, 0.15) is 29.0 Å². The molecule has 3 rings (SSSR count). The lowest BCUT2D eigenvalue weighted by Crippen LogP contribution is -2.42. The molecule has 2 heteroatoms. The first kappa shape index (κ1) is 11.1. The normalized spacial score (nSPS) is 28.2. The summed E-state index contributed by atoms with van der Waals surface area (Å²) in [6.45, 7) is 8.09. The molecule has 2 atom stereocenters. The Morgan fingerprint density at radius 1 is 1.29 bits per heavy atom. The lowest BCUT2D eigenvalue weighted by molar-refractivity contribution is 0.192. The Morgan fingerprint density at radius 3 is 2.94 bits per heavy atom. The zero-order valence-electron chi connectivity index (χ0n) is 11.1. The fraction of sp³-hybridized carbons (Fsp3) is 0.600. The van der Waals surface area contributed by atoms with E-state index in [4.69, 9.17) is 0 Å². The van der Waals surface area contributed by atoms with Crippen LogP contribution in [0.4, 0.5) is 5.69 Å². The summed E-state index contributed by atoms with van der Waals surface area (Å²) in [5.41, 5.74) is 5.81. The van der Waals surface area contributed by atoms with Crippen LogP contribution in [0.25, 0.3) is 0 Å². The van der Waals surface area contributed by atoms with Gasteiger partial charge in [-0.3, -0.25) is 0 Å². The number of hydrogen-bond acceptors (Lipinski definition) is 2. The quantitative estimate of drug-likeness (QED) is 0.737. The molecule has 2 aliphatic heterocycles. The van der Waals surface area contributed by atoms with Crippen molar-refractivity contribution >= 4 is 5.69 Å². The number of likely N-dealkylation sites (N-methyl/N-ethyl adjacent to an activating group) is 1. The number of nitrogens with zero attached hydrogens (tertiary/aromatic N) is 1. The van der Waals surface area contributed by atoms with E-state index >= 15 is 0 Å². The summed E-state index contributed by atoms with van der Waals surface area (Å²) in [5, 5.41) is 3.67. The van der Waals surface area contributed by atoms with E-state index in [9.17, 15) is 0 Å². The molecule has 0 bridgehead atoms. The van der Waals surface area contributed by atoms with Gasteiger partial charge >= 0.3 is 0 Å². The lowest BCUT2D eigenvalue weighted by atomic mass is 9.76. The molecule has 2 heterocycles. The Morgan fingerprint density at radius 2 is 2.12 bits per heavy atom. The van der Waals surface area contributed by atoms with E-state index in [0.717, 1.165) is 18.4 Å². The van der Waals surface area contributed by atoms with Crippen molar-refractivity contribution in [2.45, 2.75) is 26.2 Å². The standard InChI is InChI=1S/C15H22N2/c1-10-4-5-13-14-9-17(3)7-6-12(14)8-16-15(13)11(10)2/h4-5,12,14,16H,6-9H2,1-3H3. The van der Waals surface area contributed by atoms with Crippen LogP contribution in [0.5, 0.6) is 0 Å². The van der Waals surface area contributed by atoms with E-state index in [1.165, 1.54) is 36.3 Å². The average molecular weight is 230 g/mol. The van der Waals surface area contributed by atoms with Crippen molar-refractivity contribution in [3.63, 3.8) is 0 Å². The van der Waals surface area contributed by atoms with Gasteiger partial charge in [-0.1, -0.05) is 12.1 Å². The van der Waals surface area contributed by atoms with Gasteiger partial charge in [-0.25, -0.2) is 0 Å². The van der Waals surface area contributed by atoms with Gasteiger partial charge in [-0.05, 0) is 56.5 Å². The third-order valence-electron chi connectivity index (χ3n) is 4.67. The van der Waals surface area contributed by atoms with Crippen LogP contribution >= 0.6 is 0 Å². The highest BCUT2D eigenvalue weighted by Crippen LogP contribution is 2.41. The van der Waals surface area contributed by atoms with Gasteiger partial charge in [0.2, 0.25) is 0 Å². The Hall–Kier alpha value is -1.02. The molecular weight excluding hydrogens is 208 g/mol. The van der Waals surface area contributed by atoms with Crippen LogP contribution in [-0.4, -0.2) is 31.6 Å². The zero-order valence-corrected chi connectivity index (χ0v) is 11.1. The number of benzene rings is 1. The molecule has 1 fully saturated rings. The number of piperidine rings is 1. The molecule has 1 N–H and O–H groups in total. The number of likely N-dealkylation sites (tertiary alicyclic amines) is 1. The third-order valence-corrected chi connectivity index (χ3v) is 4.67. The average Bonchev–Trinajstić information content (AvgIpc) is 2.33. The highest BCUT2D eigenvalue weighted by molar-refractivity contribution is 5.63. The summed E-state index contributed by atoms with van der Waals surface area (Å²) in [4.78, 5) is 2.48. The van der Waals surface area contributed by atoms with E-state index in [2.05, 4.69) is 43.2 Å². The first-order valence-electron chi connectivity index (χ1n) is 6.69. The van der Waals surface area contributed by atoms with Crippen LogP contribution in [0.15, 0.2) is 12.1 Å². The second-order valence-electron chi connectivity index (χ2n) is 5.77. The third kappa shape index (κ3) is 1.75. The van der Waals surface area contributed by atoms with Crippen molar-refractivity contribution < 1.29 is 0 Å². The van der Waals surface area contributed by atoms with Gasteiger partial charge in [0.1, 0.15) is 0 Å². The fourth-order valence-corrected chi connectivity index (χ4v) is 3.37. The highest BCUT2D eigenvalue weighted by Gasteiger charge is 2.33. The molecule has 0 aromatic heterocycles. The van der Waals surface area contributed by atoms with Gasteiger partial charge in [-0.15, -0.1) is 0 Å². The maximum Gasteiger partial charge on any atom is 0.0408 e. The molecule has 2 nitrogen and oxygen atoms in total. The van der Waals surface area contributed by atoms with Gasteiger partial charge in [-0.2, -0.15) is 0 Å². The molecular formula is C15H22N2. The van der Waals surface area contributed by atoms with Gasteiger partial charge in [0.25, 0.3) is 0 Å². The van der Waals surface area contributed by atoms with Gasteiger partial charge in [0, 0.05) is 24.7 Å². The largest absolute Gasteiger partial charge is 0.384 e. The zero-order chi connectivity index (χ0) is 12.0. The topological polar surface area (TPSA) is 15.3 Å². The number of nitrogens with one attached hydrogen (secondary N) is 1. The van der Waals surface area contributed by atoms with E-state index in [1.54, 1.807) is 5.56 Å². The summed E-state index contributed by atoms with van der Waals surface area (Å²) in [7, 11) is 2.25. The molecule has 2 unspecified atom stereocenters. The fourth-order valence-electron chi connectivity index (χ4n) is 3.37. The van der Waals surface area contributed by atoms with Crippen LogP contribution in [0, 0.1) is 19.8 Å². The Kier molecular flexibility index (Phi) is 2.62. The van der Waals surface area contributed by atoms with E-state index in [1.807, 2.05) is 0 Å². The molecule has 0 spiro atoms. The van der Waals surface area contributed by atoms with E-state index in [0.29, 0.717) is 0 Å². The maximum absolute atomic E-state index is 3.67. The molecule has 1 saturated heterocycles. The minimum absolute atomic E-state index is 0.740. The molecule has 92 valence electrons. The second kappa shape index (κ2) is 4.02. The monoisotopic (exact) mass is 230 g/mol. The van der Waals surface area contributed by atoms with Crippen LogP contribution < -0.4 is 5.32 Å². The van der Waals surface area contributed by atoms with Crippen molar-refractivity contribution in [2.75, 3.05) is 32.0 Å². The van der Waals surface area contributed by atoms with Crippen LogP contribution in [0.2, 0.25) is 0 Å². The highest BCUT2D eigenvalue weighted by atomic mass is 15.1. The molecule has 0 aliphatic carbocycles. The minimum atomic E-state index is 0.740. The van der Waals surface area contributed by atoms with Crippen molar-refractivity contribution in [2.24, 2.45) is 5.92 Å². The lowest BCUT2D eigenvalue weighted by Gasteiger charge is -2.42. The van der Waals surface area contributed by atoms with Crippen molar-refractivity contribution in [3.8, 4) is 0 Å². The molecule has 1 aromatic carbocycles. The summed E-state index contributed by atoms with van der Waals surface area (Å²) >= 11 is 0. The van der Waals surface area contributed by atoms with E-state index in [-0.39, 0.29) is 0 Å². The van der Waals surface area contributed by atoms with Crippen LogP contribution in [-0.2, 0) is 0 Å². The molecule has 0 radical (unpaired) electrons. The molecule has 0 amide bonds. The number of rotatable bonds is 0. The number of aryl methyl sites for hydroxylation is 1. The summed E-state index contributed by atoms with van der Waals surface area (Å²) in [6, 6.07) is 4.63. The Bertz CT molecular complexity index is 439. The maximum atomic E-state index is 3.67. The minimum Gasteiger partial charge on any atom is -0.384 e. The van der Waals surface area contributed by atoms with E-state index < -0.39 is 0 Å². The molecule has 1 aromatic rings. The van der Waals surface area contributed by atoms with Crippen molar-refractivity contribution in [1.29, 1.82) is 0 Å². The predicted molar refractivity (Wildman–Crippen MR) is 72.8 cm³/mol. The summed E-state index contributed by atoms with van der Waals surface area (Å²) in [6.07, 6.45) is 1.33.